The Morgan fingerprint density at radius 3 is 2.56 bits per heavy atom. The van der Waals surface area contributed by atoms with Crippen molar-refractivity contribution in [2.24, 2.45) is 23.2 Å². The van der Waals surface area contributed by atoms with Crippen molar-refractivity contribution >= 4 is 34.6 Å². The van der Waals surface area contributed by atoms with Crippen molar-refractivity contribution in [2.75, 3.05) is 27.3 Å². The van der Waals surface area contributed by atoms with Crippen molar-refractivity contribution < 1.29 is 33.8 Å². The molecule has 2 aromatic heterocycles. The lowest BCUT2D eigenvalue weighted by Gasteiger charge is -2.36. The normalized spacial score (nSPS) is 22.6. The van der Waals surface area contributed by atoms with Crippen molar-refractivity contribution in [1.29, 1.82) is 0 Å². The number of hydrazine groups is 1. The van der Waals surface area contributed by atoms with Crippen LogP contribution in [0.25, 0.3) is 33.3 Å². The fourth-order valence-corrected chi connectivity index (χ4v) is 9.31. The fraction of sp³-hybridized carbons (Fsp3) is 0.521. The van der Waals surface area contributed by atoms with Crippen molar-refractivity contribution in [1.82, 2.24) is 30.2 Å². The van der Waals surface area contributed by atoms with E-state index in [1.165, 1.54) is 9.91 Å². The van der Waals surface area contributed by atoms with E-state index in [0.717, 1.165) is 51.0 Å². The minimum absolute atomic E-state index is 0.0177. The van der Waals surface area contributed by atoms with E-state index in [2.05, 4.69) is 54.3 Å². The number of pyridine rings is 1. The second-order valence-corrected chi connectivity index (χ2v) is 18.5. The van der Waals surface area contributed by atoms with E-state index in [0.29, 0.717) is 37.9 Å². The summed E-state index contributed by atoms with van der Waals surface area (Å²) in [6.07, 6.45) is 3.91. The first-order valence-corrected chi connectivity index (χ1v) is 21.8. The molecule has 326 valence electrons. The molecule has 3 aliphatic rings. The van der Waals surface area contributed by atoms with Gasteiger partial charge in [0.05, 0.1) is 24.1 Å². The van der Waals surface area contributed by atoms with Gasteiger partial charge in [0.1, 0.15) is 23.9 Å². The Morgan fingerprint density at radius 1 is 1.11 bits per heavy atom. The number of likely N-dealkylation sites (N-methyl/N-ethyl adjacent to an activating group) is 1. The highest BCUT2D eigenvalue weighted by atomic mass is 16.5. The standard InChI is InChI=1S/C48H62N6O7/c1-10-53-40-16-15-31-24-36(40)37(43(53)34-13-11-17-49-41(34)29(5)60-9)25-48(6,7)26-61-47(59)38-14-12-18-54(51-38)46(58)39(22-30-20-32(31)23-33(55)21-30)50-44(56)42(27(2)3)52(8)45(57)35-19-28(35)4/h11,13,15-17,20-21,23-24,27-29,35,38-39,42,51,55H,10,12,14,18-19,22,25-26H2,1-9H3,(H,50,56)/t28-,29-,35-,38-,39-,42-/m0/s1. The van der Waals surface area contributed by atoms with Gasteiger partial charge >= 0.3 is 5.97 Å². The number of carbonyl (C=O) groups is 4. The number of fused-ring (bicyclic) bond motifs is 6. The maximum Gasteiger partial charge on any atom is 0.324 e. The summed E-state index contributed by atoms with van der Waals surface area (Å²) in [5.41, 5.74) is 9.74. The number of amides is 3. The maximum absolute atomic E-state index is 14.6. The molecule has 6 atom stereocenters. The predicted molar refractivity (Wildman–Crippen MR) is 234 cm³/mol. The summed E-state index contributed by atoms with van der Waals surface area (Å²) in [4.78, 5) is 62.4. The quantitative estimate of drug-likeness (QED) is 0.159. The number of hydrogen-bond donors (Lipinski definition) is 3. The molecule has 1 saturated carbocycles. The number of aryl methyl sites for hydroxylation is 1. The zero-order valence-corrected chi connectivity index (χ0v) is 37.1. The minimum atomic E-state index is -1.09. The predicted octanol–water partition coefficient (Wildman–Crippen LogP) is 6.59. The van der Waals surface area contributed by atoms with Gasteiger partial charge < -0.3 is 29.4 Å². The second-order valence-electron chi connectivity index (χ2n) is 18.5. The molecular weight excluding hydrogens is 773 g/mol. The van der Waals surface area contributed by atoms with Gasteiger partial charge in [0.25, 0.3) is 5.91 Å². The van der Waals surface area contributed by atoms with Crippen molar-refractivity contribution in [3.05, 3.63) is 71.5 Å². The van der Waals surface area contributed by atoms with Crippen LogP contribution in [0.3, 0.4) is 0 Å². The molecule has 0 spiro atoms. The lowest BCUT2D eigenvalue weighted by atomic mass is 9.84. The van der Waals surface area contributed by atoms with Crippen LogP contribution in [-0.4, -0.2) is 93.7 Å². The summed E-state index contributed by atoms with van der Waals surface area (Å²) >= 11 is 0. The van der Waals surface area contributed by atoms with E-state index in [1.54, 1.807) is 32.5 Å². The first-order chi connectivity index (χ1) is 29.0. The Labute approximate surface area is 359 Å². The molecule has 2 fully saturated rings. The van der Waals surface area contributed by atoms with Gasteiger partial charge in [0, 0.05) is 67.7 Å². The van der Waals surface area contributed by atoms with Crippen LogP contribution in [0.15, 0.2) is 54.7 Å². The number of esters is 1. The minimum Gasteiger partial charge on any atom is -0.508 e. The molecule has 4 aromatic rings. The lowest BCUT2D eigenvalue weighted by Crippen LogP contribution is -2.62. The van der Waals surface area contributed by atoms with Gasteiger partial charge in [-0.2, -0.15) is 0 Å². The number of phenols is 1. The maximum atomic E-state index is 14.6. The molecule has 7 rings (SSSR count). The van der Waals surface area contributed by atoms with E-state index >= 15 is 0 Å². The zero-order valence-electron chi connectivity index (χ0n) is 37.1. The molecule has 2 aromatic carbocycles. The smallest absolute Gasteiger partial charge is 0.324 e. The third-order valence-electron chi connectivity index (χ3n) is 12.8. The first kappa shape index (κ1) is 43.8. The number of cyclic esters (lactones) is 1. The average Bonchev–Trinajstić information content (AvgIpc) is 3.90. The third kappa shape index (κ3) is 9.04. The van der Waals surface area contributed by atoms with E-state index in [4.69, 9.17) is 14.5 Å². The van der Waals surface area contributed by atoms with Crippen LogP contribution in [0, 0.1) is 23.2 Å². The summed E-state index contributed by atoms with van der Waals surface area (Å²) in [6.45, 7) is 15.2. The fourth-order valence-electron chi connectivity index (χ4n) is 9.31. The molecule has 3 amide bonds. The number of hydrogen-bond acceptors (Lipinski definition) is 9. The number of phenolic OH excluding ortho intramolecular Hbond substituents is 1. The number of benzene rings is 2. The highest BCUT2D eigenvalue weighted by molar-refractivity contribution is 5.96. The van der Waals surface area contributed by atoms with Crippen LogP contribution in [0.5, 0.6) is 5.75 Å². The Bertz CT molecular complexity index is 2320. The number of ether oxygens (including phenoxy) is 2. The molecule has 1 saturated heterocycles. The topological polar surface area (TPSA) is 155 Å². The van der Waals surface area contributed by atoms with E-state index in [1.807, 2.05) is 45.9 Å². The number of nitrogens with one attached hydrogen (secondary N) is 2. The van der Waals surface area contributed by atoms with Gasteiger partial charge in [0.15, 0.2) is 0 Å². The van der Waals surface area contributed by atoms with Crippen molar-refractivity contribution in [2.45, 2.75) is 111 Å². The average molecular weight is 835 g/mol. The van der Waals surface area contributed by atoms with E-state index < -0.39 is 41.3 Å². The molecule has 4 heterocycles. The van der Waals surface area contributed by atoms with Gasteiger partial charge in [0.2, 0.25) is 11.8 Å². The van der Waals surface area contributed by atoms with Crippen LogP contribution in [-0.2, 0) is 48.0 Å². The molecule has 13 heteroatoms. The SMILES string of the molecule is CCn1c(-c2cccnc2[C@H](C)OC)c2c3cc(ccc31)-c1cc(O)cc(c1)C[C@H](NC(=O)[C@H](C(C)C)N(C)C(=O)[C@H]1C[C@@H]1C)C(=O)N1CCC[C@H](N1)C(=O)OCC(C)(C)C2. The Kier molecular flexibility index (Phi) is 12.6. The van der Waals surface area contributed by atoms with Crippen LogP contribution < -0.4 is 10.7 Å². The Balaban J connectivity index is 1.35. The van der Waals surface area contributed by atoms with E-state index in [9.17, 15) is 24.3 Å². The molecule has 1 aliphatic carbocycles. The molecule has 13 nitrogen and oxygen atoms in total. The number of rotatable bonds is 9. The summed E-state index contributed by atoms with van der Waals surface area (Å²) < 4.78 is 14.2. The molecule has 0 unspecified atom stereocenters. The third-order valence-corrected chi connectivity index (χ3v) is 12.8. The first-order valence-electron chi connectivity index (χ1n) is 21.8. The number of aromatic nitrogens is 2. The summed E-state index contributed by atoms with van der Waals surface area (Å²) in [7, 11) is 3.34. The van der Waals surface area contributed by atoms with Gasteiger partial charge in [-0.3, -0.25) is 29.2 Å². The van der Waals surface area contributed by atoms with Crippen LogP contribution in [0.1, 0.15) is 90.7 Å². The molecule has 3 N–H and O–H groups in total. The molecule has 61 heavy (non-hydrogen) atoms. The number of methoxy groups -OCH3 is 1. The molecule has 0 radical (unpaired) electrons. The number of aromatic hydroxyl groups is 1. The van der Waals surface area contributed by atoms with Crippen molar-refractivity contribution in [3.8, 4) is 28.1 Å². The van der Waals surface area contributed by atoms with Crippen LogP contribution in [0.4, 0.5) is 0 Å². The summed E-state index contributed by atoms with van der Waals surface area (Å²) in [5.74, 6) is -1.48. The monoisotopic (exact) mass is 834 g/mol. The van der Waals surface area contributed by atoms with Gasteiger partial charge in [-0.1, -0.05) is 46.8 Å². The largest absolute Gasteiger partial charge is 0.508 e. The highest BCUT2D eigenvalue weighted by Gasteiger charge is 2.44. The van der Waals surface area contributed by atoms with Gasteiger partial charge in [-0.15, -0.1) is 0 Å². The van der Waals surface area contributed by atoms with Gasteiger partial charge in [-0.25, -0.2) is 5.43 Å². The Morgan fingerprint density at radius 2 is 1.87 bits per heavy atom. The number of carbonyl (C=O) groups excluding carboxylic acids is 4. The second kappa shape index (κ2) is 17.6. The summed E-state index contributed by atoms with van der Waals surface area (Å²) in [5, 5.41) is 16.7. The van der Waals surface area contributed by atoms with Crippen LogP contribution in [0.2, 0.25) is 0 Å². The highest BCUT2D eigenvalue weighted by Crippen LogP contribution is 2.43. The lowest BCUT2D eigenvalue weighted by molar-refractivity contribution is -0.155. The van der Waals surface area contributed by atoms with Gasteiger partial charge in [-0.05, 0) is 110 Å². The Hall–Kier alpha value is -5.27. The molecule has 6 bridgehead atoms. The summed E-state index contributed by atoms with van der Waals surface area (Å²) in [6, 6.07) is 12.9. The van der Waals surface area contributed by atoms with E-state index in [-0.39, 0.29) is 48.5 Å². The number of nitrogens with zero attached hydrogens (tertiary/aromatic N) is 4. The zero-order chi connectivity index (χ0) is 43.9. The van der Waals surface area contributed by atoms with Crippen molar-refractivity contribution in [3.63, 3.8) is 0 Å². The molecular formula is C48H62N6O7. The molecule has 2 aliphatic heterocycles. The van der Waals surface area contributed by atoms with Crippen LogP contribution >= 0.6 is 0 Å².